The molecule has 0 amide bonds. The molecular formula is C32H25F6N5. The Labute approximate surface area is 242 Å². The molecule has 0 bridgehead atoms. The maximum Gasteiger partial charge on any atom is 0.432 e. The Kier molecular flexibility index (Phi) is 6.52. The average Bonchev–Trinajstić information content (AvgIpc) is 3.53. The lowest BCUT2D eigenvalue weighted by atomic mass is 10.0. The van der Waals surface area contributed by atoms with E-state index in [1.807, 2.05) is 58.0 Å². The molecule has 0 saturated heterocycles. The fourth-order valence-corrected chi connectivity index (χ4v) is 5.66. The third-order valence-electron chi connectivity index (χ3n) is 7.38. The average molecular weight is 594 g/mol. The van der Waals surface area contributed by atoms with Crippen LogP contribution in [-0.2, 0) is 12.4 Å². The lowest BCUT2D eigenvalue weighted by Crippen LogP contribution is -2.16. The number of rotatable bonds is 4. The molecule has 0 aliphatic rings. The van der Waals surface area contributed by atoms with Gasteiger partial charge in [0.25, 0.3) is 0 Å². The molecule has 0 unspecified atom stereocenters. The Bertz CT molecular complexity index is 1990. The van der Waals surface area contributed by atoms with Gasteiger partial charge in [-0.25, -0.2) is 4.98 Å². The first-order valence-corrected chi connectivity index (χ1v) is 13.3. The fraction of sp³-hybridized carbons (Fsp3) is 0.188. The van der Waals surface area contributed by atoms with Crippen molar-refractivity contribution in [3.8, 4) is 5.82 Å². The first-order chi connectivity index (χ1) is 20.2. The molecule has 1 N–H and O–H groups in total. The number of H-pyrrole nitrogens is 1. The van der Waals surface area contributed by atoms with Gasteiger partial charge in [0.1, 0.15) is 17.3 Å². The molecule has 3 heterocycles. The van der Waals surface area contributed by atoms with Gasteiger partial charge in [0.2, 0.25) is 0 Å². The van der Waals surface area contributed by atoms with Crippen molar-refractivity contribution in [3.05, 3.63) is 106 Å². The van der Waals surface area contributed by atoms with Gasteiger partial charge in [-0.1, -0.05) is 35.4 Å². The Morgan fingerprint density at radius 2 is 1.33 bits per heavy atom. The monoisotopic (exact) mass is 593 g/mol. The van der Waals surface area contributed by atoms with E-state index in [1.54, 1.807) is 27.7 Å². The number of nitrogens with zero attached hydrogens (tertiary/aromatic N) is 4. The summed E-state index contributed by atoms with van der Waals surface area (Å²) in [7, 11) is 0. The number of aromatic amines is 1. The summed E-state index contributed by atoms with van der Waals surface area (Å²) in [4.78, 5) is 6.42. The molecule has 6 aromatic rings. The van der Waals surface area contributed by atoms with Crippen LogP contribution in [0.1, 0.15) is 33.5 Å². The second-order valence-corrected chi connectivity index (χ2v) is 10.7. The maximum atomic E-state index is 13.7. The number of hydrogen-bond donors (Lipinski definition) is 1. The number of alkyl halides is 6. The minimum absolute atomic E-state index is 0.0142. The summed E-state index contributed by atoms with van der Waals surface area (Å²) in [6.07, 6.45) is -9.16. The second-order valence-electron chi connectivity index (χ2n) is 10.7. The minimum atomic E-state index is -4.64. The molecule has 220 valence electrons. The molecular weight excluding hydrogens is 568 g/mol. The summed E-state index contributed by atoms with van der Waals surface area (Å²) in [5.74, 6) is 0.640. The van der Waals surface area contributed by atoms with Crippen LogP contribution in [0.25, 0.3) is 27.6 Å². The molecule has 0 radical (unpaired) electrons. The number of aromatic nitrogens is 4. The highest BCUT2D eigenvalue weighted by molar-refractivity contribution is 6.09. The smallest absolute Gasteiger partial charge is 0.294 e. The van der Waals surface area contributed by atoms with Gasteiger partial charge in [-0.15, -0.1) is 0 Å². The molecule has 0 aliphatic carbocycles. The van der Waals surface area contributed by atoms with Crippen molar-refractivity contribution in [2.75, 3.05) is 4.90 Å². The minimum Gasteiger partial charge on any atom is -0.294 e. The molecule has 6 rings (SSSR count). The van der Waals surface area contributed by atoms with Crippen LogP contribution in [0.5, 0.6) is 0 Å². The van der Waals surface area contributed by atoms with E-state index in [9.17, 15) is 26.3 Å². The number of benzene rings is 3. The van der Waals surface area contributed by atoms with Crippen molar-refractivity contribution in [3.63, 3.8) is 0 Å². The Morgan fingerprint density at radius 1 is 0.674 bits per heavy atom. The number of fused-ring (bicyclic) bond motifs is 3. The molecule has 0 saturated carbocycles. The van der Waals surface area contributed by atoms with E-state index in [0.717, 1.165) is 40.5 Å². The third kappa shape index (κ3) is 4.98. The van der Waals surface area contributed by atoms with Crippen molar-refractivity contribution in [1.82, 2.24) is 19.7 Å². The van der Waals surface area contributed by atoms with Crippen LogP contribution in [0, 0.1) is 27.7 Å². The second kappa shape index (κ2) is 9.89. The first kappa shape index (κ1) is 28.3. The molecule has 0 fully saturated rings. The van der Waals surface area contributed by atoms with E-state index in [4.69, 9.17) is 4.98 Å². The highest BCUT2D eigenvalue weighted by atomic mass is 19.4. The molecule has 0 atom stereocenters. The van der Waals surface area contributed by atoms with Gasteiger partial charge in [0.15, 0.2) is 5.82 Å². The van der Waals surface area contributed by atoms with E-state index < -0.39 is 23.6 Å². The largest absolute Gasteiger partial charge is 0.432 e. The van der Waals surface area contributed by atoms with Crippen molar-refractivity contribution < 1.29 is 26.3 Å². The molecule has 43 heavy (non-hydrogen) atoms. The Morgan fingerprint density at radius 3 is 1.95 bits per heavy atom. The standard InChI is InChI=1S/C32H25F6N5/c1-17-8-10-24-22(14-17)23-15-21(31(33,34)35)9-11-25(23)42(24)27-6-5-7-28(39-27)43(29-16-26(40-41-29)32(36,37)38)30-19(3)12-18(2)13-20(30)4/h5-16H,1-4H3,(H,40,41). The maximum absolute atomic E-state index is 13.7. The first-order valence-electron chi connectivity index (χ1n) is 13.3. The molecule has 0 spiro atoms. The van der Waals surface area contributed by atoms with E-state index in [2.05, 4.69) is 10.2 Å². The third-order valence-corrected chi connectivity index (χ3v) is 7.38. The number of pyridine rings is 1. The van der Waals surface area contributed by atoms with E-state index in [-0.39, 0.29) is 11.6 Å². The number of nitrogens with one attached hydrogen (secondary N) is 1. The van der Waals surface area contributed by atoms with Crippen LogP contribution in [-0.4, -0.2) is 19.7 Å². The molecule has 5 nitrogen and oxygen atoms in total. The van der Waals surface area contributed by atoms with Gasteiger partial charge < -0.3 is 0 Å². The Hall–Kier alpha value is -4.80. The van der Waals surface area contributed by atoms with Crippen LogP contribution in [0.2, 0.25) is 0 Å². The number of anilines is 3. The lowest BCUT2D eigenvalue weighted by Gasteiger charge is -2.26. The quantitative estimate of drug-likeness (QED) is 0.207. The van der Waals surface area contributed by atoms with E-state index >= 15 is 0 Å². The normalized spacial score (nSPS) is 12.4. The van der Waals surface area contributed by atoms with Crippen LogP contribution in [0.3, 0.4) is 0 Å². The summed E-state index contributed by atoms with van der Waals surface area (Å²) >= 11 is 0. The van der Waals surface area contributed by atoms with Gasteiger partial charge in [0, 0.05) is 16.8 Å². The zero-order chi connectivity index (χ0) is 30.8. The summed E-state index contributed by atoms with van der Waals surface area (Å²) in [5.41, 5.74) is 3.44. The summed E-state index contributed by atoms with van der Waals surface area (Å²) < 4.78 is 83.4. The van der Waals surface area contributed by atoms with Crippen LogP contribution in [0.15, 0.2) is 72.8 Å². The highest BCUT2D eigenvalue weighted by Gasteiger charge is 2.35. The number of aryl methyl sites for hydroxylation is 4. The van der Waals surface area contributed by atoms with Crippen LogP contribution < -0.4 is 4.90 Å². The van der Waals surface area contributed by atoms with E-state index in [0.29, 0.717) is 33.3 Å². The number of halogens is 6. The number of hydrogen-bond acceptors (Lipinski definition) is 3. The van der Waals surface area contributed by atoms with Crippen molar-refractivity contribution in [1.29, 1.82) is 0 Å². The van der Waals surface area contributed by atoms with Gasteiger partial charge in [-0.2, -0.15) is 31.4 Å². The molecule has 11 heteroatoms. The van der Waals surface area contributed by atoms with Gasteiger partial charge in [-0.05, 0) is 81.3 Å². The van der Waals surface area contributed by atoms with Crippen molar-refractivity contribution >= 4 is 39.1 Å². The predicted octanol–water partition coefficient (Wildman–Crippen LogP) is 9.64. The van der Waals surface area contributed by atoms with Gasteiger partial charge in [-0.3, -0.25) is 14.6 Å². The topological polar surface area (TPSA) is 49.7 Å². The molecule has 3 aromatic carbocycles. The van der Waals surface area contributed by atoms with Crippen LogP contribution >= 0.6 is 0 Å². The Balaban J connectivity index is 1.60. The summed E-state index contributed by atoms with van der Waals surface area (Å²) in [6.45, 7) is 7.50. The molecule has 3 aromatic heterocycles. The van der Waals surface area contributed by atoms with Crippen molar-refractivity contribution in [2.24, 2.45) is 0 Å². The van der Waals surface area contributed by atoms with E-state index in [1.165, 1.54) is 6.07 Å². The van der Waals surface area contributed by atoms with Gasteiger partial charge >= 0.3 is 12.4 Å². The SMILES string of the molecule is Cc1cc(C)c(N(c2cc(C(F)(F)F)[nH]n2)c2cccc(-n3c4ccc(C)cc4c4cc(C(F)(F)F)ccc43)n2)c(C)c1. The van der Waals surface area contributed by atoms with Gasteiger partial charge in [0.05, 0.1) is 22.3 Å². The highest BCUT2D eigenvalue weighted by Crippen LogP contribution is 2.41. The van der Waals surface area contributed by atoms with Crippen LogP contribution in [0.4, 0.5) is 43.7 Å². The van der Waals surface area contributed by atoms with Crippen molar-refractivity contribution in [2.45, 2.75) is 40.0 Å². The molecule has 0 aliphatic heterocycles. The fourth-order valence-electron chi connectivity index (χ4n) is 5.66. The summed E-state index contributed by atoms with van der Waals surface area (Å²) in [6, 6.07) is 18.9. The summed E-state index contributed by atoms with van der Waals surface area (Å²) in [5, 5.41) is 7.12. The predicted molar refractivity (Wildman–Crippen MR) is 154 cm³/mol. The zero-order valence-electron chi connectivity index (χ0n) is 23.5. The lowest BCUT2D eigenvalue weighted by molar-refractivity contribution is -0.141. The zero-order valence-corrected chi connectivity index (χ0v) is 23.5.